The van der Waals surface area contributed by atoms with E-state index in [1.54, 1.807) is 6.07 Å². The third-order valence-electron chi connectivity index (χ3n) is 2.78. The average Bonchev–Trinajstić information content (AvgIpc) is 2.50. The van der Waals surface area contributed by atoms with Crippen molar-refractivity contribution in [1.82, 2.24) is 4.90 Å². The summed E-state index contributed by atoms with van der Waals surface area (Å²) >= 11 is 3.31. The van der Waals surface area contributed by atoms with E-state index in [1.165, 1.54) is 12.1 Å². The maximum atomic E-state index is 12.9. The highest BCUT2D eigenvalue weighted by Gasteiger charge is 2.26. The van der Waals surface area contributed by atoms with Crippen molar-refractivity contribution in [3.63, 3.8) is 0 Å². The van der Waals surface area contributed by atoms with Crippen molar-refractivity contribution in [3.05, 3.63) is 34.1 Å². The number of amides is 1. The van der Waals surface area contributed by atoms with E-state index < -0.39 is 0 Å². The highest BCUT2D eigenvalue weighted by atomic mass is 79.9. The lowest BCUT2D eigenvalue weighted by atomic mass is 10.2. The summed E-state index contributed by atoms with van der Waals surface area (Å²) in [6.45, 7) is 3.42. The van der Waals surface area contributed by atoms with Gasteiger partial charge in [0, 0.05) is 24.0 Å². The topological polar surface area (TPSA) is 20.3 Å². The zero-order valence-corrected chi connectivity index (χ0v) is 10.6. The maximum Gasteiger partial charge on any atom is 0.223 e. The van der Waals surface area contributed by atoms with E-state index >= 15 is 0 Å². The first kappa shape index (κ1) is 11.6. The summed E-state index contributed by atoms with van der Waals surface area (Å²) in [5.41, 5.74) is 0.948. The van der Waals surface area contributed by atoms with Gasteiger partial charge < -0.3 is 4.90 Å². The van der Waals surface area contributed by atoms with Crippen LogP contribution in [0, 0.1) is 11.7 Å². The Morgan fingerprint density at radius 2 is 2.31 bits per heavy atom. The highest BCUT2D eigenvalue weighted by molar-refractivity contribution is 9.10. The van der Waals surface area contributed by atoms with Crippen molar-refractivity contribution < 1.29 is 9.18 Å². The first-order valence-corrected chi connectivity index (χ1v) is 6.07. The number of halogens is 2. The molecule has 4 heteroatoms. The van der Waals surface area contributed by atoms with Crippen LogP contribution in [0.5, 0.6) is 0 Å². The molecule has 1 aliphatic heterocycles. The SMILES string of the molecule is CC1CC(=O)N(Cc2ccc(F)cc2Br)C1. The summed E-state index contributed by atoms with van der Waals surface area (Å²) in [5.74, 6) is 0.340. The molecule has 0 saturated carbocycles. The summed E-state index contributed by atoms with van der Waals surface area (Å²) in [6, 6.07) is 4.57. The summed E-state index contributed by atoms with van der Waals surface area (Å²) in [5, 5.41) is 0. The molecule has 1 aliphatic rings. The molecule has 1 heterocycles. The third-order valence-corrected chi connectivity index (χ3v) is 3.52. The molecule has 16 heavy (non-hydrogen) atoms. The largest absolute Gasteiger partial charge is 0.338 e. The van der Waals surface area contributed by atoms with Gasteiger partial charge in [0.25, 0.3) is 0 Å². The second-order valence-electron chi connectivity index (χ2n) is 4.32. The summed E-state index contributed by atoms with van der Waals surface area (Å²) in [7, 11) is 0. The lowest BCUT2D eigenvalue weighted by Gasteiger charge is -2.17. The lowest BCUT2D eigenvalue weighted by molar-refractivity contribution is -0.128. The van der Waals surface area contributed by atoms with Crippen molar-refractivity contribution in [3.8, 4) is 0 Å². The van der Waals surface area contributed by atoms with E-state index in [2.05, 4.69) is 22.9 Å². The minimum absolute atomic E-state index is 0.184. The maximum absolute atomic E-state index is 12.9. The summed E-state index contributed by atoms with van der Waals surface area (Å²) < 4.78 is 13.6. The van der Waals surface area contributed by atoms with Crippen LogP contribution >= 0.6 is 15.9 Å². The fraction of sp³-hybridized carbons (Fsp3) is 0.417. The van der Waals surface area contributed by atoms with Gasteiger partial charge in [-0.3, -0.25) is 4.79 Å². The molecule has 1 aromatic carbocycles. The molecule has 1 fully saturated rings. The van der Waals surface area contributed by atoms with Gasteiger partial charge in [-0.2, -0.15) is 0 Å². The zero-order chi connectivity index (χ0) is 11.7. The van der Waals surface area contributed by atoms with Gasteiger partial charge >= 0.3 is 0 Å². The Morgan fingerprint density at radius 1 is 1.56 bits per heavy atom. The number of likely N-dealkylation sites (tertiary alicyclic amines) is 1. The van der Waals surface area contributed by atoms with Crippen LogP contribution in [0.3, 0.4) is 0 Å². The van der Waals surface area contributed by atoms with E-state index in [9.17, 15) is 9.18 Å². The van der Waals surface area contributed by atoms with E-state index in [-0.39, 0.29) is 11.7 Å². The number of benzene rings is 1. The van der Waals surface area contributed by atoms with Gasteiger partial charge in [-0.15, -0.1) is 0 Å². The predicted molar refractivity (Wildman–Crippen MR) is 63.3 cm³/mol. The summed E-state index contributed by atoms with van der Waals surface area (Å²) in [4.78, 5) is 13.4. The van der Waals surface area contributed by atoms with Gasteiger partial charge in [0.1, 0.15) is 5.82 Å². The molecule has 1 aromatic rings. The van der Waals surface area contributed by atoms with Crippen LogP contribution < -0.4 is 0 Å². The van der Waals surface area contributed by atoms with E-state index in [0.29, 0.717) is 18.9 Å². The first-order chi connectivity index (χ1) is 7.56. The number of carbonyl (C=O) groups excluding carboxylic acids is 1. The Morgan fingerprint density at radius 3 is 2.88 bits per heavy atom. The van der Waals surface area contributed by atoms with Crippen molar-refractivity contribution in [2.24, 2.45) is 5.92 Å². The van der Waals surface area contributed by atoms with Crippen LogP contribution in [0.1, 0.15) is 18.9 Å². The molecule has 1 atom stereocenters. The van der Waals surface area contributed by atoms with Crippen LogP contribution in [-0.2, 0) is 11.3 Å². The van der Waals surface area contributed by atoms with E-state index in [1.807, 2.05) is 4.90 Å². The van der Waals surface area contributed by atoms with Crippen molar-refractivity contribution >= 4 is 21.8 Å². The van der Waals surface area contributed by atoms with E-state index in [0.717, 1.165) is 16.6 Å². The molecule has 0 aliphatic carbocycles. The first-order valence-electron chi connectivity index (χ1n) is 5.28. The molecule has 0 radical (unpaired) electrons. The van der Waals surface area contributed by atoms with Crippen LogP contribution in [0.2, 0.25) is 0 Å². The molecular formula is C12H13BrFNO. The number of carbonyl (C=O) groups is 1. The monoisotopic (exact) mass is 285 g/mol. The Bertz CT molecular complexity index is 421. The van der Waals surface area contributed by atoms with Crippen LogP contribution in [0.25, 0.3) is 0 Å². The van der Waals surface area contributed by atoms with Gasteiger partial charge in [0.05, 0.1) is 0 Å². The van der Waals surface area contributed by atoms with Gasteiger partial charge in [0.15, 0.2) is 0 Å². The Hall–Kier alpha value is -0.900. The molecule has 1 amide bonds. The van der Waals surface area contributed by atoms with Gasteiger partial charge in [-0.05, 0) is 23.6 Å². The third kappa shape index (κ3) is 2.43. The molecule has 2 rings (SSSR count). The van der Waals surface area contributed by atoms with Crippen LogP contribution in [0.15, 0.2) is 22.7 Å². The quantitative estimate of drug-likeness (QED) is 0.818. The summed E-state index contributed by atoms with van der Waals surface area (Å²) in [6.07, 6.45) is 0.624. The Labute approximate surface area is 103 Å². The van der Waals surface area contributed by atoms with Crippen LogP contribution in [-0.4, -0.2) is 17.4 Å². The fourth-order valence-electron chi connectivity index (χ4n) is 1.98. The molecule has 86 valence electrons. The molecule has 0 N–H and O–H groups in total. The minimum Gasteiger partial charge on any atom is -0.338 e. The smallest absolute Gasteiger partial charge is 0.223 e. The van der Waals surface area contributed by atoms with Crippen LogP contribution in [0.4, 0.5) is 4.39 Å². The molecule has 1 saturated heterocycles. The lowest BCUT2D eigenvalue weighted by Crippen LogP contribution is -2.24. The second-order valence-corrected chi connectivity index (χ2v) is 5.17. The number of rotatable bonds is 2. The van der Waals surface area contributed by atoms with Crippen molar-refractivity contribution in [1.29, 1.82) is 0 Å². The average molecular weight is 286 g/mol. The molecule has 0 bridgehead atoms. The Balaban J connectivity index is 2.12. The molecule has 0 spiro atoms. The highest BCUT2D eigenvalue weighted by Crippen LogP contribution is 2.24. The number of hydrogen-bond acceptors (Lipinski definition) is 1. The number of hydrogen-bond donors (Lipinski definition) is 0. The molecule has 2 nitrogen and oxygen atoms in total. The van der Waals surface area contributed by atoms with Crippen molar-refractivity contribution in [2.75, 3.05) is 6.54 Å². The number of nitrogens with zero attached hydrogens (tertiary/aromatic N) is 1. The van der Waals surface area contributed by atoms with Gasteiger partial charge in [-0.1, -0.05) is 28.9 Å². The zero-order valence-electron chi connectivity index (χ0n) is 9.04. The fourth-order valence-corrected chi connectivity index (χ4v) is 2.45. The van der Waals surface area contributed by atoms with Gasteiger partial charge in [0.2, 0.25) is 5.91 Å². The minimum atomic E-state index is -0.267. The Kier molecular flexibility index (Phi) is 3.28. The van der Waals surface area contributed by atoms with Crippen molar-refractivity contribution in [2.45, 2.75) is 19.9 Å². The standard InChI is InChI=1S/C12H13BrFNO/c1-8-4-12(16)15(6-8)7-9-2-3-10(14)5-11(9)13/h2-3,5,8H,4,6-7H2,1H3. The van der Waals surface area contributed by atoms with Gasteiger partial charge in [-0.25, -0.2) is 4.39 Å². The predicted octanol–water partition coefficient (Wildman–Crippen LogP) is 2.96. The molecular weight excluding hydrogens is 273 g/mol. The van der Waals surface area contributed by atoms with E-state index in [4.69, 9.17) is 0 Å². The normalized spacial score (nSPS) is 20.6. The molecule has 0 aromatic heterocycles. The second kappa shape index (κ2) is 4.53. The molecule has 1 unspecified atom stereocenters.